The summed E-state index contributed by atoms with van der Waals surface area (Å²) in [6.07, 6.45) is 0.712. The maximum atomic E-state index is 15.0. The average molecular weight is 547 g/mol. The monoisotopic (exact) mass is 546 g/mol. The molecule has 0 unspecified atom stereocenters. The zero-order chi connectivity index (χ0) is 29.3. The zero-order valence-electron chi connectivity index (χ0n) is 22.3. The summed E-state index contributed by atoms with van der Waals surface area (Å²) in [6.45, 7) is 9.91. The molecule has 0 saturated heterocycles. The summed E-state index contributed by atoms with van der Waals surface area (Å²) >= 11 is 0. The molecule has 0 N–H and O–H groups in total. The molecule has 1 heterocycles. The van der Waals surface area contributed by atoms with Gasteiger partial charge in [0.05, 0.1) is 18.5 Å². The minimum absolute atomic E-state index is 0.194. The Hall–Kier alpha value is -3.64. The van der Waals surface area contributed by atoms with Crippen LogP contribution in [0, 0.1) is 29.2 Å². The number of esters is 3. The van der Waals surface area contributed by atoms with Gasteiger partial charge in [-0.25, -0.2) is 22.4 Å². The Kier molecular flexibility index (Phi) is 8.85. The number of nitrogens with zero attached hydrogens (tertiary/aromatic N) is 2. The van der Waals surface area contributed by atoms with E-state index in [1.807, 2.05) is 0 Å². The second-order valence-electron chi connectivity index (χ2n) is 10.4. The Bertz CT molecular complexity index is 1300. The van der Waals surface area contributed by atoms with Crippen molar-refractivity contribution < 1.29 is 46.2 Å². The lowest BCUT2D eigenvalue weighted by Crippen LogP contribution is -2.46. The number of carbonyl (C=O) groups excluding carboxylic acids is 3. The van der Waals surface area contributed by atoms with Crippen LogP contribution >= 0.6 is 0 Å². The van der Waals surface area contributed by atoms with Gasteiger partial charge in [0.2, 0.25) is 5.43 Å². The molecule has 2 rings (SSSR count). The lowest BCUT2D eigenvalue weighted by atomic mass is 10.1. The highest BCUT2D eigenvalue weighted by molar-refractivity contribution is 5.96. The molecule has 0 spiro atoms. The van der Waals surface area contributed by atoms with Crippen LogP contribution in [0.25, 0.3) is 10.9 Å². The first-order chi connectivity index (χ1) is 17.3. The Morgan fingerprint density at radius 3 is 1.82 bits per heavy atom. The highest BCUT2D eigenvalue weighted by atomic mass is 19.2. The van der Waals surface area contributed by atoms with Crippen molar-refractivity contribution in [1.29, 1.82) is 0 Å². The molecule has 0 amide bonds. The number of pyridine rings is 1. The molecule has 210 valence electrons. The third kappa shape index (κ3) is 6.62. The third-order valence-corrected chi connectivity index (χ3v) is 4.89. The van der Waals surface area contributed by atoms with E-state index >= 15 is 0 Å². The molecule has 13 heteroatoms. The number of rotatable bonds is 7. The summed E-state index contributed by atoms with van der Waals surface area (Å²) < 4.78 is 74.0. The van der Waals surface area contributed by atoms with E-state index in [0.29, 0.717) is 10.9 Å². The quantitative estimate of drug-likeness (QED) is 0.130. The average Bonchev–Trinajstić information content (AvgIpc) is 2.76. The Balaban J connectivity index is 2.79. The number of benzene rings is 1. The van der Waals surface area contributed by atoms with E-state index in [2.05, 4.69) is 0 Å². The number of hydrogen-bond donors (Lipinski definition) is 0. The fourth-order valence-electron chi connectivity index (χ4n) is 3.39. The lowest BCUT2D eigenvalue weighted by Gasteiger charge is -2.31. The van der Waals surface area contributed by atoms with Crippen molar-refractivity contribution in [1.82, 2.24) is 4.68 Å². The number of halogens is 4. The first-order valence-electron chi connectivity index (χ1n) is 11.6. The minimum atomic E-state index is -2.26. The number of hydrogen-bond acceptors (Lipinski definition) is 8. The van der Waals surface area contributed by atoms with Crippen LogP contribution in [0.4, 0.5) is 17.6 Å². The van der Waals surface area contributed by atoms with Crippen LogP contribution in [0.2, 0.25) is 0 Å². The van der Waals surface area contributed by atoms with Gasteiger partial charge in [-0.05, 0) is 48.5 Å². The molecule has 0 atom stereocenters. The van der Waals surface area contributed by atoms with Crippen LogP contribution in [0.1, 0.15) is 58.8 Å². The summed E-state index contributed by atoms with van der Waals surface area (Å²) in [5.41, 5.74) is -5.40. The van der Waals surface area contributed by atoms with Crippen LogP contribution < -0.4 is 10.4 Å². The number of fused-ring (bicyclic) bond motifs is 1. The Morgan fingerprint density at radius 1 is 0.895 bits per heavy atom. The largest absolute Gasteiger partial charge is 0.462 e. The van der Waals surface area contributed by atoms with Gasteiger partial charge in [-0.2, -0.15) is 0 Å². The van der Waals surface area contributed by atoms with Gasteiger partial charge in [0, 0.05) is 13.2 Å². The molecule has 0 radical (unpaired) electrons. The van der Waals surface area contributed by atoms with Crippen LogP contribution in [0.3, 0.4) is 0 Å². The molecule has 1 aromatic heterocycles. The molecule has 0 saturated carbocycles. The molecular formula is C25H30F4N2O7. The first-order valence-corrected chi connectivity index (χ1v) is 11.6. The minimum Gasteiger partial charge on any atom is -0.462 e. The summed E-state index contributed by atoms with van der Waals surface area (Å²) in [7, 11) is 1.17. The molecule has 0 aliphatic carbocycles. The SMILES string of the molecule is CCOC(=O)c1cn(N(C)CC(C(=O)OC(C)(C)C)C(=O)OC(C)(C)C)c2c(F)c(F)c(F)c(F)c2c1=O. The topological polar surface area (TPSA) is 104 Å². The summed E-state index contributed by atoms with van der Waals surface area (Å²) in [4.78, 5) is 51.1. The van der Waals surface area contributed by atoms with Crippen LogP contribution in [-0.2, 0) is 23.8 Å². The van der Waals surface area contributed by atoms with E-state index in [1.54, 1.807) is 41.5 Å². The molecular weight excluding hydrogens is 516 g/mol. The van der Waals surface area contributed by atoms with Gasteiger partial charge in [-0.3, -0.25) is 19.1 Å². The number of aromatic nitrogens is 1. The first kappa shape index (κ1) is 30.6. The van der Waals surface area contributed by atoms with E-state index in [0.717, 1.165) is 5.01 Å². The van der Waals surface area contributed by atoms with Gasteiger partial charge in [0.15, 0.2) is 29.2 Å². The predicted octanol–water partition coefficient (Wildman–Crippen LogP) is 3.60. The van der Waals surface area contributed by atoms with Crippen molar-refractivity contribution in [2.75, 3.05) is 25.2 Å². The van der Waals surface area contributed by atoms with E-state index in [9.17, 15) is 36.7 Å². The van der Waals surface area contributed by atoms with Crippen molar-refractivity contribution in [3.63, 3.8) is 0 Å². The molecule has 0 aliphatic rings. The van der Waals surface area contributed by atoms with E-state index in [4.69, 9.17) is 14.2 Å². The smallest absolute Gasteiger partial charge is 0.343 e. The van der Waals surface area contributed by atoms with Crippen LogP contribution in [0.15, 0.2) is 11.0 Å². The highest BCUT2D eigenvalue weighted by Crippen LogP contribution is 2.26. The molecule has 1 aromatic carbocycles. The normalized spacial score (nSPS) is 12.0. The van der Waals surface area contributed by atoms with E-state index in [1.165, 1.54) is 14.0 Å². The summed E-state index contributed by atoms with van der Waals surface area (Å²) in [5, 5.41) is -0.354. The lowest BCUT2D eigenvalue weighted by molar-refractivity contribution is -0.174. The van der Waals surface area contributed by atoms with Gasteiger partial charge in [-0.15, -0.1) is 0 Å². The molecule has 0 aliphatic heterocycles. The zero-order valence-corrected chi connectivity index (χ0v) is 22.3. The number of carbonyl (C=O) groups is 3. The van der Waals surface area contributed by atoms with E-state index in [-0.39, 0.29) is 6.61 Å². The van der Waals surface area contributed by atoms with Gasteiger partial charge >= 0.3 is 17.9 Å². The van der Waals surface area contributed by atoms with Gasteiger partial charge in [-0.1, -0.05) is 0 Å². The maximum Gasteiger partial charge on any atom is 0.343 e. The van der Waals surface area contributed by atoms with Gasteiger partial charge < -0.3 is 19.2 Å². The van der Waals surface area contributed by atoms with Crippen molar-refractivity contribution in [3.05, 3.63) is 45.3 Å². The third-order valence-electron chi connectivity index (χ3n) is 4.89. The fourth-order valence-corrected chi connectivity index (χ4v) is 3.39. The van der Waals surface area contributed by atoms with Crippen molar-refractivity contribution >= 4 is 28.8 Å². The molecule has 0 bridgehead atoms. The van der Waals surface area contributed by atoms with Crippen molar-refractivity contribution in [2.24, 2.45) is 5.92 Å². The van der Waals surface area contributed by atoms with Crippen LogP contribution in [0.5, 0.6) is 0 Å². The maximum absolute atomic E-state index is 15.0. The standard InChI is InChI=1S/C25H30F4N2O7/c1-9-36-21(33)12-11-31(19-14(20(12)32)15(26)16(27)17(28)18(19)29)30(8)10-13(22(34)37-24(2,3)4)23(35)38-25(5,6)7/h11,13H,9-10H2,1-8H3. The molecule has 38 heavy (non-hydrogen) atoms. The molecule has 9 nitrogen and oxygen atoms in total. The molecule has 2 aromatic rings. The Labute approximate surface area is 216 Å². The summed E-state index contributed by atoms with van der Waals surface area (Å²) in [5.74, 6) is -13.4. The second kappa shape index (κ2) is 11.0. The molecule has 0 fully saturated rings. The number of ether oxygens (including phenoxy) is 3. The van der Waals surface area contributed by atoms with Crippen molar-refractivity contribution in [2.45, 2.75) is 59.7 Å². The van der Waals surface area contributed by atoms with Crippen molar-refractivity contribution in [3.8, 4) is 0 Å². The highest BCUT2D eigenvalue weighted by Gasteiger charge is 2.37. The Morgan fingerprint density at radius 2 is 1.37 bits per heavy atom. The fraction of sp³-hybridized carbons (Fsp3) is 0.520. The summed E-state index contributed by atoms with van der Waals surface area (Å²) in [6, 6.07) is 0. The second-order valence-corrected chi connectivity index (χ2v) is 10.4. The van der Waals surface area contributed by atoms with Gasteiger partial charge in [0.25, 0.3) is 0 Å². The van der Waals surface area contributed by atoms with E-state index < -0.39 is 86.7 Å². The van der Waals surface area contributed by atoms with Crippen LogP contribution in [-0.4, -0.2) is 54.0 Å². The predicted molar refractivity (Wildman–Crippen MR) is 128 cm³/mol. The van der Waals surface area contributed by atoms with Gasteiger partial charge in [0.1, 0.15) is 22.3 Å².